The molecule has 1 aromatic rings. The Bertz CT molecular complexity index is 494. The summed E-state index contributed by atoms with van der Waals surface area (Å²) in [5.41, 5.74) is 0.178. The molecule has 0 bridgehead atoms. The zero-order valence-corrected chi connectivity index (χ0v) is 10.8. The summed E-state index contributed by atoms with van der Waals surface area (Å²) in [5, 5.41) is 11.8. The first kappa shape index (κ1) is 15.0. The number of amides is 1. The molecule has 4 nitrogen and oxygen atoms in total. The topological polar surface area (TPSA) is 58.6 Å². The lowest BCUT2D eigenvalue weighted by Gasteiger charge is -2.15. The Morgan fingerprint density at radius 2 is 2.26 bits per heavy atom. The minimum absolute atomic E-state index is 0.113. The maximum atomic E-state index is 13.6. The van der Waals surface area contributed by atoms with Gasteiger partial charge in [-0.15, -0.1) is 6.42 Å². The van der Waals surface area contributed by atoms with Gasteiger partial charge in [0.25, 0.3) is 5.91 Å². The third-order valence-electron chi connectivity index (χ3n) is 2.47. The highest BCUT2D eigenvalue weighted by molar-refractivity contribution is 5.80. The molecule has 1 aromatic carbocycles. The summed E-state index contributed by atoms with van der Waals surface area (Å²) in [7, 11) is 0. The molecule has 0 aliphatic heterocycles. The average molecular weight is 265 g/mol. The van der Waals surface area contributed by atoms with Crippen LogP contribution in [0, 0.1) is 18.2 Å². The highest BCUT2D eigenvalue weighted by atomic mass is 19.1. The van der Waals surface area contributed by atoms with Gasteiger partial charge in [-0.2, -0.15) is 0 Å². The van der Waals surface area contributed by atoms with Crippen molar-refractivity contribution in [3.8, 4) is 18.1 Å². The largest absolute Gasteiger partial charge is 0.481 e. The molecule has 102 valence electrons. The molecule has 19 heavy (non-hydrogen) atoms. The minimum atomic E-state index is -0.898. The first-order valence-electron chi connectivity index (χ1n) is 5.81. The van der Waals surface area contributed by atoms with E-state index in [2.05, 4.69) is 11.2 Å². The van der Waals surface area contributed by atoms with Crippen LogP contribution in [0.25, 0.3) is 0 Å². The van der Waals surface area contributed by atoms with Crippen LogP contribution in [0.2, 0.25) is 0 Å². The predicted octanol–water partition coefficient (Wildman–Crippen LogP) is 1.40. The number of carbonyl (C=O) groups is 1. The van der Waals surface area contributed by atoms with Crippen LogP contribution in [0.4, 0.5) is 4.39 Å². The van der Waals surface area contributed by atoms with Gasteiger partial charge in [-0.3, -0.25) is 4.79 Å². The molecule has 0 heterocycles. The Hall–Kier alpha value is -2.06. The Balaban J connectivity index is 2.70. The van der Waals surface area contributed by atoms with Gasteiger partial charge in [-0.25, -0.2) is 4.39 Å². The third kappa shape index (κ3) is 4.27. The first-order chi connectivity index (χ1) is 8.95. The predicted molar refractivity (Wildman–Crippen MR) is 69.0 cm³/mol. The molecule has 1 amide bonds. The maximum Gasteiger partial charge on any atom is 0.261 e. The Labute approximate surface area is 111 Å². The maximum absolute atomic E-state index is 13.6. The van der Waals surface area contributed by atoms with Crippen LogP contribution >= 0.6 is 0 Å². The van der Waals surface area contributed by atoms with Crippen LogP contribution in [0.15, 0.2) is 18.2 Å². The van der Waals surface area contributed by atoms with Gasteiger partial charge in [0.05, 0.1) is 12.6 Å². The Kier molecular flexibility index (Phi) is 5.34. The number of halogens is 1. The number of ether oxygens (including phenoxy) is 1. The summed E-state index contributed by atoms with van der Waals surface area (Å²) in [4.78, 5) is 11.5. The fourth-order valence-electron chi connectivity index (χ4n) is 1.46. The van der Waals surface area contributed by atoms with E-state index in [4.69, 9.17) is 11.2 Å². The van der Waals surface area contributed by atoms with E-state index in [0.29, 0.717) is 0 Å². The summed E-state index contributed by atoms with van der Waals surface area (Å²) in [6.07, 6.45) is 3.33. The van der Waals surface area contributed by atoms with Crippen LogP contribution in [0.5, 0.6) is 5.75 Å². The van der Waals surface area contributed by atoms with E-state index in [1.54, 1.807) is 0 Å². The summed E-state index contributed by atoms with van der Waals surface area (Å²) < 4.78 is 18.9. The molecule has 0 aliphatic carbocycles. The van der Waals surface area contributed by atoms with Crippen molar-refractivity contribution in [2.45, 2.75) is 26.1 Å². The van der Waals surface area contributed by atoms with Gasteiger partial charge in [-0.05, 0) is 26.0 Å². The molecule has 2 N–H and O–H groups in total. The summed E-state index contributed by atoms with van der Waals surface area (Å²) in [6, 6.07) is 4.05. The minimum Gasteiger partial charge on any atom is -0.481 e. The van der Waals surface area contributed by atoms with Gasteiger partial charge in [0, 0.05) is 11.6 Å². The zero-order valence-electron chi connectivity index (χ0n) is 10.8. The lowest BCUT2D eigenvalue weighted by atomic mass is 10.1. The molecule has 0 saturated heterocycles. The second-order valence-corrected chi connectivity index (χ2v) is 4.04. The fourth-order valence-corrected chi connectivity index (χ4v) is 1.46. The van der Waals surface area contributed by atoms with E-state index in [0.717, 1.165) is 6.07 Å². The van der Waals surface area contributed by atoms with Gasteiger partial charge in [0.2, 0.25) is 0 Å². The highest BCUT2D eigenvalue weighted by Crippen LogP contribution is 2.22. The molecule has 5 heteroatoms. The first-order valence-corrected chi connectivity index (χ1v) is 5.81. The van der Waals surface area contributed by atoms with Crippen molar-refractivity contribution in [2.24, 2.45) is 0 Å². The number of aliphatic hydroxyl groups is 1. The molecule has 0 spiro atoms. The second kappa shape index (κ2) is 6.76. The number of hydrogen-bond donors (Lipinski definition) is 2. The van der Waals surface area contributed by atoms with E-state index in [1.165, 1.54) is 26.0 Å². The third-order valence-corrected chi connectivity index (χ3v) is 2.47. The standard InChI is InChI=1S/C14H16FNO3/c1-4-7-16-14(18)10(3)19-11-5-6-12(9(2)17)13(15)8-11/h1,5-6,8-10,17H,7H2,2-3H3,(H,16,18). The number of rotatable bonds is 5. The van der Waals surface area contributed by atoms with Crippen molar-refractivity contribution in [3.05, 3.63) is 29.6 Å². The van der Waals surface area contributed by atoms with Crippen molar-refractivity contribution < 1.29 is 19.0 Å². The Morgan fingerprint density at radius 3 is 2.79 bits per heavy atom. The van der Waals surface area contributed by atoms with Crippen LogP contribution in [0.3, 0.4) is 0 Å². The molecule has 0 fully saturated rings. The average Bonchev–Trinajstić information content (AvgIpc) is 2.35. The molecular formula is C14H16FNO3. The van der Waals surface area contributed by atoms with Gasteiger partial charge in [0.1, 0.15) is 11.6 Å². The summed E-state index contributed by atoms with van der Waals surface area (Å²) in [5.74, 6) is 1.53. The molecule has 2 atom stereocenters. The fraction of sp³-hybridized carbons (Fsp3) is 0.357. The number of nitrogens with one attached hydrogen (secondary N) is 1. The van der Waals surface area contributed by atoms with Crippen LogP contribution < -0.4 is 10.1 Å². The number of hydrogen-bond acceptors (Lipinski definition) is 3. The number of aliphatic hydroxyl groups excluding tert-OH is 1. The van der Waals surface area contributed by atoms with Gasteiger partial charge in [0.15, 0.2) is 6.10 Å². The van der Waals surface area contributed by atoms with Crippen molar-refractivity contribution in [2.75, 3.05) is 6.54 Å². The number of benzene rings is 1. The molecule has 0 saturated carbocycles. The molecule has 0 aromatic heterocycles. The monoisotopic (exact) mass is 265 g/mol. The molecule has 0 aliphatic rings. The van der Waals surface area contributed by atoms with Gasteiger partial charge < -0.3 is 15.2 Å². The van der Waals surface area contributed by atoms with Crippen molar-refractivity contribution in [3.63, 3.8) is 0 Å². The smallest absolute Gasteiger partial charge is 0.261 e. The SMILES string of the molecule is C#CCNC(=O)C(C)Oc1ccc(C(C)O)c(F)c1. The van der Waals surface area contributed by atoms with Crippen LogP contribution in [-0.4, -0.2) is 23.7 Å². The van der Waals surface area contributed by atoms with E-state index >= 15 is 0 Å². The van der Waals surface area contributed by atoms with E-state index in [-0.39, 0.29) is 23.8 Å². The zero-order chi connectivity index (χ0) is 14.4. The molecule has 2 unspecified atom stereocenters. The van der Waals surface area contributed by atoms with Crippen molar-refractivity contribution in [1.82, 2.24) is 5.32 Å². The lowest BCUT2D eigenvalue weighted by molar-refractivity contribution is -0.127. The normalized spacial score (nSPS) is 13.2. The van der Waals surface area contributed by atoms with Crippen LogP contribution in [-0.2, 0) is 4.79 Å². The van der Waals surface area contributed by atoms with E-state index in [1.807, 2.05) is 0 Å². The van der Waals surface area contributed by atoms with E-state index in [9.17, 15) is 14.3 Å². The molecule has 1 rings (SSSR count). The highest BCUT2D eigenvalue weighted by Gasteiger charge is 2.15. The summed E-state index contributed by atoms with van der Waals surface area (Å²) in [6.45, 7) is 3.11. The lowest BCUT2D eigenvalue weighted by Crippen LogP contribution is -2.36. The number of terminal acetylenes is 1. The Morgan fingerprint density at radius 1 is 1.58 bits per heavy atom. The van der Waals surface area contributed by atoms with Crippen molar-refractivity contribution in [1.29, 1.82) is 0 Å². The van der Waals surface area contributed by atoms with Crippen LogP contribution in [0.1, 0.15) is 25.5 Å². The van der Waals surface area contributed by atoms with Crippen molar-refractivity contribution >= 4 is 5.91 Å². The molecular weight excluding hydrogens is 249 g/mol. The quantitative estimate of drug-likeness (QED) is 0.791. The molecule has 0 radical (unpaired) electrons. The second-order valence-electron chi connectivity index (χ2n) is 4.04. The van der Waals surface area contributed by atoms with E-state index < -0.39 is 18.0 Å². The van der Waals surface area contributed by atoms with Gasteiger partial charge >= 0.3 is 0 Å². The van der Waals surface area contributed by atoms with Gasteiger partial charge in [-0.1, -0.05) is 5.92 Å². The summed E-state index contributed by atoms with van der Waals surface area (Å²) >= 11 is 0. The number of carbonyl (C=O) groups excluding carboxylic acids is 1.